The van der Waals surface area contributed by atoms with Crippen LogP contribution in [0.15, 0.2) is 0 Å². The molecular formula is C60H120Cl2O3. The highest BCUT2D eigenvalue weighted by molar-refractivity contribution is 6.18. The Morgan fingerprint density at radius 3 is 0.677 bits per heavy atom. The number of alkyl halides is 2. The number of rotatable bonds is 46. The summed E-state index contributed by atoms with van der Waals surface area (Å²) in [4.78, 5) is 0. The van der Waals surface area contributed by atoms with E-state index in [9.17, 15) is 0 Å². The van der Waals surface area contributed by atoms with Crippen LogP contribution in [0.25, 0.3) is 0 Å². The van der Waals surface area contributed by atoms with Crippen molar-refractivity contribution in [3.63, 3.8) is 0 Å². The first kappa shape index (κ1) is 65.5. The monoisotopic (exact) mass is 959 g/mol. The minimum absolute atomic E-state index is 0.171. The number of halogens is 2. The molecule has 16 atom stereocenters. The van der Waals surface area contributed by atoms with Crippen LogP contribution in [0.1, 0.15) is 265 Å². The lowest BCUT2D eigenvalue weighted by molar-refractivity contribution is -0.250. The second-order valence-electron chi connectivity index (χ2n) is 24.6. The van der Waals surface area contributed by atoms with Crippen LogP contribution in [-0.2, 0) is 14.2 Å². The predicted octanol–water partition coefficient (Wildman–Crippen LogP) is 20.5. The number of hydrogen-bond donors (Lipinski definition) is 0. The van der Waals surface area contributed by atoms with Crippen LogP contribution in [0.5, 0.6) is 0 Å². The van der Waals surface area contributed by atoms with Crippen LogP contribution in [0.2, 0.25) is 0 Å². The third-order valence-electron chi connectivity index (χ3n) is 14.9. The van der Waals surface area contributed by atoms with Crippen molar-refractivity contribution in [3.8, 4) is 0 Å². The van der Waals surface area contributed by atoms with Gasteiger partial charge in [-0.25, -0.2) is 0 Å². The molecule has 0 radical (unpaired) electrons. The van der Waals surface area contributed by atoms with Gasteiger partial charge in [0.15, 0.2) is 12.6 Å². The predicted molar refractivity (Wildman–Crippen MR) is 292 cm³/mol. The molecule has 0 bridgehead atoms. The quantitative estimate of drug-likeness (QED) is 0.0449. The lowest BCUT2D eigenvalue weighted by atomic mass is 9.80. The maximum atomic E-state index is 6.66. The first-order chi connectivity index (χ1) is 30.8. The van der Waals surface area contributed by atoms with Gasteiger partial charge >= 0.3 is 0 Å². The van der Waals surface area contributed by atoms with Crippen LogP contribution in [-0.4, -0.2) is 37.6 Å². The standard InChI is InChI=1S/C60H120Cl2O3/c1-17-31-63-59(27-19-23-45(3)33-49(7)37-53(11)41-57(15)43-55(13)39-51(9)35-47(5)25-21-29-61)65-60(64-32-18-2)28-20-24-46(4)34-50(8)38-54(12)42-58(16)44-56(14)40-52(10)36-48(6)26-22-30-62/h45-60H,17-44H2,1-16H3. The van der Waals surface area contributed by atoms with E-state index < -0.39 is 0 Å². The molecule has 0 aliphatic carbocycles. The Balaban J connectivity index is 4.73. The van der Waals surface area contributed by atoms with Crippen molar-refractivity contribution < 1.29 is 14.2 Å². The van der Waals surface area contributed by atoms with Crippen LogP contribution in [0.3, 0.4) is 0 Å². The van der Waals surface area contributed by atoms with Gasteiger partial charge < -0.3 is 14.2 Å². The van der Waals surface area contributed by atoms with E-state index >= 15 is 0 Å². The Morgan fingerprint density at radius 1 is 0.277 bits per heavy atom. The van der Waals surface area contributed by atoms with Crippen molar-refractivity contribution in [2.24, 2.45) is 82.9 Å². The van der Waals surface area contributed by atoms with Crippen molar-refractivity contribution in [3.05, 3.63) is 0 Å². The SMILES string of the molecule is CCCOC(CCCC(C)CC(C)CC(C)CC(C)CC(C)CC(C)CC(C)CCCCl)OC(CCCC(C)CC(C)CC(C)CC(C)CC(C)CC(C)CC(C)CCCCl)OCCC. The molecule has 5 heteroatoms. The van der Waals surface area contributed by atoms with Crippen LogP contribution in [0.4, 0.5) is 0 Å². The molecule has 0 saturated heterocycles. The van der Waals surface area contributed by atoms with E-state index in [1.807, 2.05) is 0 Å². The maximum absolute atomic E-state index is 6.66. The topological polar surface area (TPSA) is 27.7 Å². The average molecular weight is 961 g/mol. The molecule has 16 unspecified atom stereocenters. The van der Waals surface area contributed by atoms with E-state index in [0.717, 1.165) is 159 Å². The summed E-state index contributed by atoms with van der Waals surface area (Å²) in [6.45, 7) is 40.6. The van der Waals surface area contributed by atoms with E-state index in [4.69, 9.17) is 37.4 Å². The van der Waals surface area contributed by atoms with Crippen molar-refractivity contribution in [1.29, 1.82) is 0 Å². The molecule has 0 spiro atoms. The van der Waals surface area contributed by atoms with Crippen molar-refractivity contribution >= 4 is 23.2 Å². The summed E-state index contributed by atoms with van der Waals surface area (Å²) in [5, 5.41) is 0. The molecule has 392 valence electrons. The van der Waals surface area contributed by atoms with Crippen molar-refractivity contribution in [1.82, 2.24) is 0 Å². The number of hydrogen-bond acceptors (Lipinski definition) is 3. The molecule has 0 saturated carbocycles. The first-order valence-electron chi connectivity index (χ1n) is 28.8. The zero-order valence-electron chi connectivity index (χ0n) is 47.0. The molecule has 65 heavy (non-hydrogen) atoms. The Hall–Kier alpha value is 0.460. The molecule has 0 aliphatic rings. The van der Waals surface area contributed by atoms with Crippen LogP contribution < -0.4 is 0 Å². The summed E-state index contributed by atoms with van der Waals surface area (Å²) in [5.74, 6) is 12.7. The van der Waals surface area contributed by atoms with E-state index in [1.165, 1.54) is 103 Å². The zero-order chi connectivity index (χ0) is 49.2. The van der Waals surface area contributed by atoms with Gasteiger partial charge in [0.25, 0.3) is 0 Å². The Labute approximate surface area is 420 Å². The normalized spacial score (nSPS) is 19.8. The van der Waals surface area contributed by atoms with Gasteiger partial charge in [-0.3, -0.25) is 0 Å². The van der Waals surface area contributed by atoms with Crippen LogP contribution >= 0.6 is 23.2 Å². The fourth-order valence-corrected chi connectivity index (χ4v) is 13.2. The summed E-state index contributed by atoms with van der Waals surface area (Å²) in [7, 11) is 0. The van der Waals surface area contributed by atoms with Gasteiger partial charge in [0, 0.05) is 25.0 Å². The van der Waals surface area contributed by atoms with Gasteiger partial charge in [-0.05, 0) is 224 Å². The van der Waals surface area contributed by atoms with Crippen molar-refractivity contribution in [2.45, 2.75) is 277 Å². The summed E-state index contributed by atoms with van der Waals surface area (Å²) in [5.41, 5.74) is 0. The van der Waals surface area contributed by atoms with Crippen LogP contribution in [0, 0.1) is 82.9 Å². The zero-order valence-corrected chi connectivity index (χ0v) is 48.5. The fraction of sp³-hybridized carbons (Fsp3) is 1.00. The van der Waals surface area contributed by atoms with Gasteiger partial charge in [0.1, 0.15) is 0 Å². The van der Waals surface area contributed by atoms with Crippen molar-refractivity contribution in [2.75, 3.05) is 25.0 Å². The van der Waals surface area contributed by atoms with Gasteiger partial charge in [-0.1, -0.05) is 124 Å². The molecule has 0 rings (SSSR count). The van der Waals surface area contributed by atoms with Gasteiger partial charge in [0.05, 0.1) is 0 Å². The molecule has 3 nitrogen and oxygen atoms in total. The molecule has 0 fully saturated rings. The Bertz CT molecular complexity index is 948. The van der Waals surface area contributed by atoms with Gasteiger partial charge in [-0.2, -0.15) is 0 Å². The molecule has 0 aromatic heterocycles. The summed E-state index contributed by atoms with van der Waals surface area (Å²) in [6, 6.07) is 0. The first-order valence-corrected chi connectivity index (χ1v) is 29.9. The highest BCUT2D eigenvalue weighted by Gasteiger charge is 2.23. The molecular weight excluding hydrogens is 840 g/mol. The molecule has 0 heterocycles. The molecule has 0 aromatic carbocycles. The summed E-state index contributed by atoms with van der Waals surface area (Å²) >= 11 is 11.9. The van der Waals surface area contributed by atoms with E-state index in [0.29, 0.717) is 0 Å². The van der Waals surface area contributed by atoms with Gasteiger partial charge in [-0.15, -0.1) is 23.2 Å². The maximum Gasteiger partial charge on any atom is 0.160 e. The Morgan fingerprint density at radius 2 is 0.477 bits per heavy atom. The lowest BCUT2D eigenvalue weighted by Gasteiger charge is -2.27. The smallest absolute Gasteiger partial charge is 0.160 e. The summed E-state index contributed by atoms with van der Waals surface area (Å²) in [6.07, 6.45) is 29.5. The largest absolute Gasteiger partial charge is 0.353 e. The highest BCUT2D eigenvalue weighted by atomic mass is 35.5. The summed E-state index contributed by atoms with van der Waals surface area (Å²) < 4.78 is 19.3. The van der Waals surface area contributed by atoms with Gasteiger partial charge in [0.2, 0.25) is 0 Å². The number of ether oxygens (including phenoxy) is 3. The molecule has 0 amide bonds. The van der Waals surface area contributed by atoms with E-state index in [1.54, 1.807) is 0 Å². The second kappa shape index (κ2) is 41.1. The third kappa shape index (κ3) is 38.8. The molecule has 0 aromatic rings. The third-order valence-corrected chi connectivity index (χ3v) is 15.4. The second-order valence-corrected chi connectivity index (χ2v) is 25.3. The van der Waals surface area contributed by atoms with E-state index in [-0.39, 0.29) is 12.6 Å². The lowest BCUT2D eigenvalue weighted by Crippen LogP contribution is -2.28. The molecule has 0 N–H and O–H groups in total. The highest BCUT2D eigenvalue weighted by Crippen LogP contribution is 2.33. The molecule has 0 aliphatic heterocycles. The Kier molecular flexibility index (Phi) is 41.4. The fourth-order valence-electron chi connectivity index (χ4n) is 12.8. The van der Waals surface area contributed by atoms with E-state index in [2.05, 4.69) is 111 Å². The minimum atomic E-state index is -0.171. The minimum Gasteiger partial charge on any atom is -0.353 e. The average Bonchev–Trinajstić information content (AvgIpc) is 3.19.